The zero-order valence-electron chi connectivity index (χ0n) is 15.6. The minimum atomic E-state index is -0.385. The zero-order valence-corrected chi connectivity index (χ0v) is 15.6. The predicted octanol–water partition coefficient (Wildman–Crippen LogP) is 5.38. The van der Waals surface area contributed by atoms with E-state index in [9.17, 15) is 0 Å². The summed E-state index contributed by atoms with van der Waals surface area (Å²) in [5.41, 5.74) is 3.32. The van der Waals surface area contributed by atoms with E-state index in [1.54, 1.807) is 7.11 Å². The number of ether oxygens (including phenoxy) is 1. The molecule has 0 saturated carbocycles. The third-order valence-electron chi connectivity index (χ3n) is 4.86. The number of rotatable bonds is 8. The van der Waals surface area contributed by atoms with Crippen molar-refractivity contribution in [2.45, 2.75) is 25.3 Å². The molecule has 0 bridgehead atoms. The third-order valence-corrected chi connectivity index (χ3v) is 4.86. The van der Waals surface area contributed by atoms with E-state index in [-0.39, 0.29) is 5.54 Å². The minimum Gasteiger partial charge on any atom is -0.497 e. The Kier molecular flexibility index (Phi) is 6.08. The second kappa shape index (κ2) is 8.68. The molecule has 2 nitrogen and oxygen atoms in total. The summed E-state index contributed by atoms with van der Waals surface area (Å²) in [6, 6.07) is 29.8. The topological polar surface area (TPSA) is 21.3 Å². The number of nitrogens with one attached hydrogen (secondary N) is 1. The van der Waals surface area contributed by atoms with Gasteiger partial charge in [0.2, 0.25) is 0 Å². The average Bonchev–Trinajstić information content (AvgIpc) is 2.73. The van der Waals surface area contributed by atoms with E-state index in [4.69, 9.17) is 4.74 Å². The van der Waals surface area contributed by atoms with Crippen LogP contribution in [0.2, 0.25) is 0 Å². The highest BCUT2D eigenvalue weighted by molar-refractivity contribution is 5.50. The molecule has 0 atom stereocenters. The normalized spacial score (nSPS) is 11.3. The molecule has 0 spiro atoms. The third kappa shape index (κ3) is 3.66. The summed E-state index contributed by atoms with van der Waals surface area (Å²) in [6.45, 7) is 3.17. The van der Waals surface area contributed by atoms with Crippen molar-refractivity contribution in [3.8, 4) is 5.75 Å². The van der Waals surface area contributed by atoms with Crippen molar-refractivity contribution in [3.05, 3.63) is 102 Å². The second-order valence-corrected chi connectivity index (χ2v) is 6.49. The van der Waals surface area contributed by atoms with Crippen LogP contribution in [0.1, 0.15) is 36.5 Å². The lowest BCUT2D eigenvalue weighted by atomic mass is 9.77. The van der Waals surface area contributed by atoms with Crippen molar-refractivity contribution in [1.29, 1.82) is 0 Å². The Labute approximate surface area is 156 Å². The van der Waals surface area contributed by atoms with Gasteiger partial charge in [0.15, 0.2) is 0 Å². The molecule has 3 aromatic rings. The van der Waals surface area contributed by atoms with Gasteiger partial charge in [-0.1, -0.05) is 86.1 Å². The van der Waals surface area contributed by atoms with Gasteiger partial charge in [-0.25, -0.2) is 0 Å². The molecule has 3 rings (SSSR count). The second-order valence-electron chi connectivity index (χ2n) is 6.49. The van der Waals surface area contributed by atoms with Crippen LogP contribution in [0.3, 0.4) is 0 Å². The number of benzene rings is 3. The van der Waals surface area contributed by atoms with Gasteiger partial charge in [0.05, 0.1) is 12.6 Å². The van der Waals surface area contributed by atoms with Crippen LogP contribution >= 0.6 is 0 Å². The highest BCUT2D eigenvalue weighted by Crippen LogP contribution is 2.37. The van der Waals surface area contributed by atoms with Gasteiger partial charge < -0.3 is 4.74 Å². The molecule has 1 N–H and O–H groups in total. The van der Waals surface area contributed by atoms with Crippen molar-refractivity contribution < 1.29 is 4.74 Å². The number of hydrogen-bond donors (Lipinski definition) is 1. The fourth-order valence-electron chi connectivity index (χ4n) is 3.48. The largest absolute Gasteiger partial charge is 0.497 e. The SMILES string of the molecule is CCCCNC(c1ccccc1)(c1ccccc1)c1ccc(OC)cc1. The molecular weight excluding hydrogens is 318 g/mol. The molecule has 2 heteroatoms. The Morgan fingerprint density at radius 3 is 1.69 bits per heavy atom. The van der Waals surface area contributed by atoms with Crippen LogP contribution in [-0.2, 0) is 5.54 Å². The number of hydrogen-bond acceptors (Lipinski definition) is 2. The molecule has 0 aliphatic rings. The highest BCUT2D eigenvalue weighted by atomic mass is 16.5. The lowest BCUT2D eigenvalue weighted by molar-refractivity contribution is 0.413. The molecule has 0 amide bonds. The highest BCUT2D eigenvalue weighted by Gasteiger charge is 2.35. The zero-order chi connectivity index (χ0) is 18.2. The molecule has 0 radical (unpaired) electrons. The Hall–Kier alpha value is -2.58. The maximum Gasteiger partial charge on any atom is 0.118 e. The van der Waals surface area contributed by atoms with E-state index >= 15 is 0 Å². The van der Waals surface area contributed by atoms with Gasteiger partial charge in [-0.2, -0.15) is 0 Å². The molecule has 0 aromatic heterocycles. The van der Waals surface area contributed by atoms with Gasteiger partial charge in [-0.05, 0) is 41.8 Å². The Balaban J connectivity index is 2.19. The summed E-state index contributed by atoms with van der Waals surface area (Å²) < 4.78 is 5.37. The smallest absolute Gasteiger partial charge is 0.118 e. The van der Waals surface area contributed by atoms with E-state index in [1.807, 2.05) is 12.1 Å². The summed E-state index contributed by atoms with van der Waals surface area (Å²) in [6.07, 6.45) is 2.30. The molecule has 3 aromatic carbocycles. The monoisotopic (exact) mass is 345 g/mol. The van der Waals surface area contributed by atoms with Crippen molar-refractivity contribution in [2.75, 3.05) is 13.7 Å². The lowest BCUT2D eigenvalue weighted by Gasteiger charge is -2.37. The summed E-state index contributed by atoms with van der Waals surface area (Å²) in [4.78, 5) is 0. The molecule has 26 heavy (non-hydrogen) atoms. The first-order chi connectivity index (χ1) is 12.8. The van der Waals surface area contributed by atoms with Gasteiger partial charge in [0, 0.05) is 0 Å². The van der Waals surface area contributed by atoms with Gasteiger partial charge in [0.25, 0.3) is 0 Å². The standard InChI is InChI=1S/C24H27NO/c1-3-4-19-25-24(20-11-7-5-8-12-20,21-13-9-6-10-14-21)22-15-17-23(26-2)18-16-22/h5-18,25H,3-4,19H2,1-2H3. The minimum absolute atomic E-state index is 0.385. The first-order valence-electron chi connectivity index (χ1n) is 9.32. The Bertz CT molecular complexity index is 742. The average molecular weight is 345 g/mol. The quantitative estimate of drug-likeness (QED) is 0.437. The van der Waals surface area contributed by atoms with Crippen LogP contribution in [0.25, 0.3) is 0 Å². The van der Waals surface area contributed by atoms with Gasteiger partial charge >= 0.3 is 0 Å². The fourth-order valence-corrected chi connectivity index (χ4v) is 3.48. The van der Waals surface area contributed by atoms with E-state index in [2.05, 4.69) is 85.0 Å². The van der Waals surface area contributed by atoms with E-state index in [0.29, 0.717) is 0 Å². The van der Waals surface area contributed by atoms with Gasteiger partial charge in [-0.3, -0.25) is 5.32 Å². The first kappa shape index (κ1) is 18.2. The Morgan fingerprint density at radius 1 is 0.731 bits per heavy atom. The maximum absolute atomic E-state index is 5.37. The molecule has 0 saturated heterocycles. The van der Waals surface area contributed by atoms with Crippen LogP contribution in [0.5, 0.6) is 5.75 Å². The summed E-state index contributed by atoms with van der Waals surface area (Å²) >= 11 is 0. The maximum atomic E-state index is 5.37. The van der Waals surface area contributed by atoms with Gasteiger partial charge in [0.1, 0.15) is 5.75 Å². The number of unbranched alkanes of at least 4 members (excludes halogenated alkanes) is 1. The molecule has 134 valence electrons. The summed E-state index contributed by atoms with van der Waals surface area (Å²) in [5, 5.41) is 3.88. The summed E-state index contributed by atoms with van der Waals surface area (Å²) in [7, 11) is 1.70. The van der Waals surface area contributed by atoms with E-state index in [0.717, 1.165) is 25.1 Å². The molecule has 0 aliphatic carbocycles. The van der Waals surface area contributed by atoms with Crippen LogP contribution in [0.4, 0.5) is 0 Å². The molecule has 0 unspecified atom stereocenters. The van der Waals surface area contributed by atoms with Crippen LogP contribution in [-0.4, -0.2) is 13.7 Å². The molecule has 0 aliphatic heterocycles. The Morgan fingerprint density at radius 2 is 1.23 bits per heavy atom. The van der Waals surface area contributed by atoms with E-state index < -0.39 is 0 Å². The predicted molar refractivity (Wildman–Crippen MR) is 109 cm³/mol. The van der Waals surface area contributed by atoms with Crippen LogP contribution < -0.4 is 10.1 Å². The lowest BCUT2D eigenvalue weighted by Crippen LogP contribution is -2.45. The van der Waals surface area contributed by atoms with Crippen molar-refractivity contribution in [1.82, 2.24) is 5.32 Å². The van der Waals surface area contributed by atoms with E-state index in [1.165, 1.54) is 16.7 Å². The van der Waals surface area contributed by atoms with Gasteiger partial charge in [-0.15, -0.1) is 0 Å². The molecular formula is C24H27NO. The molecule has 0 heterocycles. The fraction of sp³-hybridized carbons (Fsp3) is 0.250. The number of methoxy groups -OCH3 is 1. The summed E-state index contributed by atoms with van der Waals surface area (Å²) in [5.74, 6) is 0.873. The van der Waals surface area contributed by atoms with Crippen molar-refractivity contribution in [2.24, 2.45) is 0 Å². The van der Waals surface area contributed by atoms with Crippen molar-refractivity contribution >= 4 is 0 Å². The van der Waals surface area contributed by atoms with Crippen LogP contribution in [0.15, 0.2) is 84.9 Å². The molecule has 0 fully saturated rings. The van der Waals surface area contributed by atoms with Crippen LogP contribution in [0, 0.1) is 0 Å². The first-order valence-corrected chi connectivity index (χ1v) is 9.32. The van der Waals surface area contributed by atoms with Crippen molar-refractivity contribution in [3.63, 3.8) is 0 Å².